The van der Waals surface area contributed by atoms with Gasteiger partial charge in [0.15, 0.2) is 11.2 Å². The van der Waals surface area contributed by atoms with Crippen molar-refractivity contribution in [3.63, 3.8) is 0 Å². The maximum atomic E-state index is 12.6. The first kappa shape index (κ1) is 11.0. The molecule has 3 rings (SSSR count). The molecule has 3 heterocycles. The van der Waals surface area contributed by atoms with Crippen LogP contribution in [0.1, 0.15) is 0 Å². The van der Waals surface area contributed by atoms with Crippen LogP contribution in [0, 0.1) is 0 Å². The van der Waals surface area contributed by atoms with Crippen molar-refractivity contribution in [1.29, 1.82) is 0 Å². The van der Waals surface area contributed by atoms with Crippen molar-refractivity contribution in [3.05, 3.63) is 20.8 Å². The van der Waals surface area contributed by atoms with E-state index in [0.717, 1.165) is 4.57 Å². The van der Waals surface area contributed by atoms with E-state index in [2.05, 4.69) is 4.98 Å². The number of hydrogen-bond donors (Lipinski definition) is 0. The second kappa shape index (κ2) is 3.44. The topological polar surface area (TPSA) is 71.0 Å². The van der Waals surface area contributed by atoms with Crippen LogP contribution >= 0.6 is 0 Å². The van der Waals surface area contributed by atoms with Gasteiger partial charge in [-0.1, -0.05) is 0 Å². The van der Waals surface area contributed by atoms with E-state index >= 15 is 0 Å². The second-order valence-corrected chi connectivity index (χ2v) is 4.28. The molecule has 2 aromatic rings. The minimum atomic E-state index is -0.642. The van der Waals surface area contributed by atoms with Crippen LogP contribution in [-0.2, 0) is 20.6 Å². The van der Waals surface area contributed by atoms with E-state index in [-0.39, 0.29) is 23.7 Å². The summed E-state index contributed by atoms with van der Waals surface area (Å²) in [6, 6.07) is 0.186. The van der Waals surface area contributed by atoms with Gasteiger partial charge in [-0.2, -0.15) is 4.98 Å². The Morgan fingerprint density at radius 2 is 2.11 bits per heavy atom. The number of aryl methyl sites for hydroxylation is 1. The zero-order valence-corrected chi connectivity index (χ0v) is 9.88. The van der Waals surface area contributed by atoms with Crippen LogP contribution in [0.15, 0.2) is 9.59 Å². The summed E-state index contributed by atoms with van der Waals surface area (Å²) in [4.78, 5) is 27.9. The van der Waals surface area contributed by atoms with Crippen molar-refractivity contribution in [2.24, 2.45) is 14.1 Å². The summed E-state index contributed by atoms with van der Waals surface area (Å²) in [5.41, 5.74) is -0.373. The summed E-state index contributed by atoms with van der Waals surface area (Å²) in [7, 11) is 2.92. The van der Waals surface area contributed by atoms with Gasteiger partial charge < -0.3 is 4.74 Å². The van der Waals surface area contributed by atoms with Crippen molar-refractivity contribution in [2.75, 3.05) is 6.67 Å². The molecule has 0 fully saturated rings. The molecule has 1 aliphatic heterocycles. The van der Waals surface area contributed by atoms with Gasteiger partial charge >= 0.3 is 5.69 Å². The fraction of sp³-hybridized carbons (Fsp3) is 0.500. The Balaban J connectivity index is 2.40. The Hall–Kier alpha value is -2.12. The van der Waals surface area contributed by atoms with Gasteiger partial charge in [0.05, 0.1) is 6.54 Å². The molecule has 0 radical (unpaired) electrons. The average Bonchev–Trinajstić information content (AvgIpc) is 2.90. The van der Waals surface area contributed by atoms with Gasteiger partial charge in [-0.25, -0.2) is 9.18 Å². The second-order valence-electron chi connectivity index (χ2n) is 4.28. The number of hydrogen-bond acceptors (Lipinski definition) is 4. The summed E-state index contributed by atoms with van der Waals surface area (Å²) >= 11 is 0. The zero-order chi connectivity index (χ0) is 13.0. The average molecular weight is 254 g/mol. The molecular formula is C10H11FN4O3. The number of nitrogens with zero attached hydrogens (tertiary/aromatic N) is 4. The molecule has 0 unspecified atom stereocenters. The first-order chi connectivity index (χ1) is 8.54. The minimum absolute atomic E-state index is 0.186. The summed E-state index contributed by atoms with van der Waals surface area (Å²) < 4.78 is 21.6. The molecule has 0 amide bonds. The van der Waals surface area contributed by atoms with Crippen molar-refractivity contribution in [3.8, 4) is 6.01 Å². The summed E-state index contributed by atoms with van der Waals surface area (Å²) in [6.45, 7) is -0.410. The number of aromatic nitrogens is 4. The third-order valence-corrected chi connectivity index (χ3v) is 3.14. The van der Waals surface area contributed by atoms with Crippen LogP contribution in [0.3, 0.4) is 0 Å². The molecule has 1 atom stereocenters. The lowest BCUT2D eigenvalue weighted by Gasteiger charge is -2.05. The van der Waals surface area contributed by atoms with Gasteiger partial charge in [0.1, 0.15) is 12.8 Å². The highest BCUT2D eigenvalue weighted by atomic mass is 19.1. The quantitative estimate of drug-likeness (QED) is 0.665. The minimum Gasteiger partial charge on any atom is -0.457 e. The molecule has 2 aromatic heterocycles. The van der Waals surface area contributed by atoms with E-state index in [0.29, 0.717) is 0 Å². The Labute approximate surface area is 100 Å². The molecule has 0 N–H and O–H groups in total. The van der Waals surface area contributed by atoms with Gasteiger partial charge in [-0.15, -0.1) is 0 Å². The Kier molecular flexibility index (Phi) is 2.10. The van der Waals surface area contributed by atoms with Gasteiger partial charge in [0, 0.05) is 14.1 Å². The van der Waals surface area contributed by atoms with Gasteiger partial charge in [-0.05, 0) is 0 Å². The number of rotatable bonds is 1. The van der Waals surface area contributed by atoms with Crippen molar-refractivity contribution < 1.29 is 9.13 Å². The molecule has 1 aliphatic rings. The van der Waals surface area contributed by atoms with E-state index in [1.54, 1.807) is 0 Å². The maximum Gasteiger partial charge on any atom is 0.332 e. The summed E-state index contributed by atoms with van der Waals surface area (Å²) in [5, 5.41) is 0. The first-order valence-electron chi connectivity index (χ1n) is 5.43. The number of ether oxygens (including phenoxy) is 1. The Bertz CT molecular complexity index is 757. The molecule has 0 saturated carbocycles. The zero-order valence-electron chi connectivity index (χ0n) is 9.88. The van der Waals surface area contributed by atoms with E-state index in [4.69, 9.17) is 4.74 Å². The molecule has 0 aliphatic carbocycles. The highest BCUT2D eigenvalue weighted by Gasteiger charge is 2.29. The van der Waals surface area contributed by atoms with E-state index < -0.39 is 24.0 Å². The van der Waals surface area contributed by atoms with Crippen molar-refractivity contribution in [1.82, 2.24) is 18.7 Å². The van der Waals surface area contributed by atoms with Gasteiger partial charge in [0.25, 0.3) is 11.6 Å². The van der Waals surface area contributed by atoms with Crippen LogP contribution in [-0.4, -0.2) is 31.5 Å². The highest BCUT2D eigenvalue weighted by molar-refractivity contribution is 5.72. The highest BCUT2D eigenvalue weighted by Crippen LogP contribution is 2.25. The lowest BCUT2D eigenvalue weighted by Crippen LogP contribution is -2.37. The number of alkyl halides is 1. The predicted molar refractivity (Wildman–Crippen MR) is 60.6 cm³/mol. The Morgan fingerprint density at radius 3 is 2.78 bits per heavy atom. The third-order valence-electron chi connectivity index (χ3n) is 3.14. The molecule has 8 heteroatoms. The van der Waals surface area contributed by atoms with Crippen LogP contribution in [0.5, 0.6) is 6.01 Å². The smallest absolute Gasteiger partial charge is 0.332 e. The van der Waals surface area contributed by atoms with Crippen LogP contribution in [0.2, 0.25) is 0 Å². The SMILES string of the molecule is Cn1c(=O)c2c(nc3n2C[C@H](CF)O3)n(C)c1=O. The fourth-order valence-electron chi connectivity index (χ4n) is 2.16. The van der Waals surface area contributed by atoms with Crippen LogP contribution < -0.4 is 16.0 Å². The lowest BCUT2D eigenvalue weighted by atomic mass is 10.4. The first-order valence-corrected chi connectivity index (χ1v) is 5.43. The largest absolute Gasteiger partial charge is 0.457 e. The fourth-order valence-corrected chi connectivity index (χ4v) is 2.16. The number of halogens is 1. The predicted octanol–water partition coefficient (Wildman–Crippen LogP) is -0.836. The summed E-state index contributed by atoms with van der Waals surface area (Å²) in [5.74, 6) is 0. The molecule has 0 spiro atoms. The number of fused-ring (bicyclic) bond motifs is 3. The summed E-state index contributed by atoms with van der Waals surface area (Å²) in [6.07, 6.45) is -0.612. The standard InChI is InChI=1S/C10H11FN4O3/c1-13-7-6(8(16)14(2)10(13)17)15-4-5(3-11)18-9(15)12-7/h5H,3-4H2,1-2H3/t5-/m0/s1. The Morgan fingerprint density at radius 1 is 1.39 bits per heavy atom. The molecule has 0 bridgehead atoms. The molecule has 18 heavy (non-hydrogen) atoms. The van der Waals surface area contributed by atoms with Gasteiger partial charge in [-0.3, -0.25) is 18.5 Å². The normalized spacial score (nSPS) is 18.1. The van der Waals surface area contributed by atoms with E-state index in [1.165, 1.54) is 23.2 Å². The lowest BCUT2D eigenvalue weighted by molar-refractivity contribution is 0.184. The van der Waals surface area contributed by atoms with E-state index in [9.17, 15) is 14.0 Å². The van der Waals surface area contributed by atoms with Gasteiger partial charge in [0.2, 0.25) is 0 Å². The third kappa shape index (κ3) is 1.20. The molecular weight excluding hydrogens is 243 g/mol. The van der Waals surface area contributed by atoms with Crippen LogP contribution in [0.25, 0.3) is 11.2 Å². The van der Waals surface area contributed by atoms with E-state index in [1.807, 2.05) is 0 Å². The maximum absolute atomic E-state index is 12.6. The molecule has 0 aromatic carbocycles. The van der Waals surface area contributed by atoms with Crippen molar-refractivity contribution in [2.45, 2.75) is 12.6 Å². The molecule has 7 nitrogen and oxygen atoms in total. The number of imidazole rings is 1. The molecule has 96 valence electrons. The monoisotopic (exact) mass is 254 g/mol. The van der Waals surface area contributed by atoms with Crippen molar-refractivity contribution >= 4 is 11.2 Å². The molecule has 0 saturated heterocycles. The van der Waals surface area contributed by atoms with Crippen LogP contribution in [0.4, 0.5) is 4.39 Å².